The maximum Gasteiger partial charge on any atom is 0.450 e. The molecule has 0 aliphatic carbocycles. The molecule has 3 atom stereocenters. The number of hydrogen-bond donors (Lipinski definition) is 1. The molecule has 7 nitrogen and oxygen atoms in total. The number of carbonyl (C=O) groups excluding carboxylic acids is 3. The number of aromatic nitrogens is 2. The van der Waals surface area contributed by atoms with Crippen molar-refractivity contribution in [1.82, 2.24) is 15.3 Å². The number of benzene rings is 2. The first kappa shape index (κ1) is 31.0. The van der Waals surface area contributed by atoms with Gasteiger partial charge in [0.15, 0.2) is 11.9 Å². The Kier molecular flexibility index (Phi) is 10.6. The fourth-order valence-corrected chi connectivity index (χ4v) is 4.49. The second kappa shape index (κ2) is 13.7. The van der Waals surface area contributed by atoms with Crippen molar-refractivity contribution in [1.29, 1.82) is 0 Å². The Morgan fingerprint density at radius 2 is 1.65 bits per heavy atom. The van der Waals surface area contributed by atoms with Crippen LogP contribution in [0.3, 0.4) is 0 Å². The minimum absolute atomic E-state index is 0.0688. The molecule has 0 fully saturated rings. The van der Waals surface area contributed by atoms with Gasteiger partial charge in [-0.05, 0) is 29.7 Å². The minimum atomic E-state index is -5.10. The molecular formula is C28H26Cl2F3N3O4. The highest BCUT2D eigenvalue weighted by molar-refractivity contribution is 6.34. The summed E-state index contributed by atoms with van der Waals surface area (Å²) < 4.78 is 45.6. The molecule has 0 saturated carbocycles. The van der Waals surface area contributed by atoms with E-state index in [9.17, 15) is 27.6 Å². The van der Waals surface area contributed by atoms with Crippen LogP contribution in [0.15, 0.2) is 67.1 Å². The van der Waals surface area contributed by atoms with Crippen molar-refractivity contribution in [2.45, 2.75) is 45.0 Å². The fraction of sp³-hybridized carbons (Fsp3) is 0.321. The summed E-state index contributed by atoms with van der Waals surface area (Å²) in [6.45, 7) is 2.86. The molecule has 1 aromatic heterocycles. The van der Waals surface area contributed by atoms with Crippen molar-refractivity contribution in [3.63, 3.8) is 0 Å². The second-order valence-corrected chi connectivity index (χ2v) is 10.2. The lowest BCUT2D eigenvalue weighted by Crippen LogP contribution is -2.45. The number of rotatable bonds is 12. The van der Waals surface area contributed by atoms with Gasteiger partial charge in [0.05, 0.1) is 5.69 Å². The van der Waals surface area contributed by atoms with E-state index in [1.165, 1.54) is 50.6 Å². The molecular weight excluding hydrogens is 570 g/mol. The van der Waals surface area contributed by atoms with E-state index >= 15 is 0 Å². The summed E-state index contributed by atoms with van der Waals surface area (Å²) in [5, 5.41) is 3.12. The zero-order valence-corrected chi connectivity index (χ0v) is 23.0. The summed E-state index contributed by atoms with van der Waals surface area (Å²) in [5.74, 6) is -5.73. The van der Waals surface area contributed by atoms with E-state index in [1.54, 1.807) is 30.3 Å². The number of amides is 1. The number of nitrogens with one attached hydrogen (secondary N) is 1. The average Bonchev–Trinajstić information content (AvgIpc) is 2.89. The Hall–Kier alpha value is -3.50. The third kappa shape index (κ3) is 8.76. The second-order valence-electron chi connectivity index (χ2n) is 9.35. The van der Waals surface area contributed by atoms with E-state index in [2.05, 4.69) is 15.3 Å². The standard InChI is InChI=1S/C28H26Cl2F3N3O4/c1-16(2)22(26(38)28(31,32)33)14-23(37)25(17-6-4-3-5-7-17)36-27(39)24(13-20-15-34-8-9-35-20)40-21-11-18(29)10-19(30)12-21/h3-12,15-16,22,24-25H,13-14H2,1-2H3,(H,36,39)/t22-,24+,25-/m0/s1. The number of hydrogen-bond acceptors (Lipinski definition) is 6. The SMILES string of the molecule is CC(C)[C@H](CC(=O)[C@@H](NC(=O)[C@@H](Cc1cnccn1)Oc1cc(Cl)cc(Cl)c1)c1ccccc1)C(=O)C(F)(F)F. The van der Waals surface area contributed by atoms with Crippen LogP contribution in [0.2, 0.25) is 10.0 Å². The van der Waals surface area contributed by atoms with Gasteiger partial charge >= 0.3 is 6.18 Å². The molecule has 1 heterocycles. The summed E-state index contributed by atoms with van der Waals surface area (Å²) in [6.07, 6.45) is -2.84. The van der Waals surface area contributed by atoms with Crippen LogP contribution in [-0.2, 0) is 20.8 Å². The molecule has 1 amide bonds. The largest absolute Gasteiger partial charge is 0.480 e. The number of halogens is 5. The van der Waals surface area contributed by atoms with Crippen molar-refractivity contribution in [3.05, 3.63) is 88.4 Å². The van der Waals surface area contributed by atoms with Gasteiger partial charge in [-0.2, -0.15) is 13.2 Å². The minimum Gasteiger partial charge on any atom is -0.480 e. The smallest absolute Gasteiger partial charge is 0.450 e. The molecule has 0 aliphatic rings. The topological polar surface area (TPSA) is 98.2 Å². The van der Waals surface area contributed by atoms with Gasteiger partial charge in [-0.3, -0.25) is 24.4 Å². The highest BCUT2D eigenvalue weighted by Crippen LogP contribution is 2.30. The van der Waals surface area contributed by atoms with Gasteiger partial charge in [0.25, 0.3) is 5.91 Å². The van der Waals surface area contributed by atoms with Gasteiger partial charge < -0.3 is 10.1 Å². The van der Waals surface area contributed by atoms with Crippen LogP contribution in [0.25, 0.3) is 0 Å². The van der Waals surface area contributed by atoms with Crippen molar-refractivity contribution >= 4 is 40.7 Å². The molecule has 0 unspecified atom stereocenters. The number of carbonyl (C=O) groups is 3. The monoisotopic (exact) mass is 595 g/mol. The number of alkyl halides is 3. The van der Waals surface area contributed by atoms with Crippen LogP contribution in [0.5, 0.6) is 5.75 Å². The Morgan fingerprint density at radius 1 is 1.00 bits per heavy atom. The highest BCUT2D eigenvalue weighted by atomic mass is 35.5. The van der Waals surface area contributed by atoms with E-state index in [0.29, 0.717) is 11.3 Å². The van der Waals surface area contributed by atoms with E-state index in [0.717, 1.165) is 0 Å². The maximum atomic E-state index is 13.6. The Morgan fingerprint density at radius 3 is 2.20 bits per heavy atom. The predicted octanol–water partition coefficient (Wildman–Crippen LogP) is 5.99. The number of nitrogens with zero attached hydrogens (tertiary/aromatic N) is 2. The van der Waals surface area contributed by atoms with Gasteiger partial charge in [0.2, 0.25) is 5.78 Å². The lowest BCUT2D eigenvalue weighted by Gasteiger charge is -2.26. The van der Waals surface area contributed by atoms with Gasteiger partial charge in [-0.25, -0.2) is 0 Å². The third-order valence-electron chi connectivity index (χ3n) is 6.00. The van der Waals surface area contributed by atoms with Crippen molar-refractivity contribution in [2.24, 2.45) is 11.8 Å². The lowest BCUT2D eigenvalue weighted by atomic mass is 9.84. The van der Waals surface area contributed by atoms with Gasteiger partial charge in [-0.1, -0.05) is 67.4 Å². The molecule has 12 heteroatoms. The first-order chi connectivity index (χ1) is 18.8. The van der Waals surface area contributed by atoms with E-state index in [-0.39, 0.29) is 22.2 Å². The van der Waals surface area contributed by atoms with Crippen molar-refractivity contribution in [2.75, 3.05) is 0 Å². The number of ether oxygens (including phenoxy) is 1. The highest BCUT2D eigenvalue weighted by Gasteiger charge is 2.45. The molecule has 0 bridgehead atoms. The molecule has 212 valence electrons. The Bertz CT molecular complexity index is 1310. The summed E-state index contributed by atoms with van der Waals surface area (Å²) in [7, 11) is 0. The van der Waals surface area contributed by atoms with Crippen LogP contribution in [0.4, 0.5) is 13.2 Å². The van der Waals surface area contributed by atoms with Gasteiger partial charge in [0, 0.05) is 47.4 Å². The van der Waals surface area contributed by atoms with Gasteiger partial charge in [0.1, 0.15) is 11.8 Å². The Balaban J connectivity index is 1.92. The van der Waals surface area contributed by atoms with Crippen LogP contribution in [0.1, 0.15) is 37.6 Å². The average molecular weight is 596 g/mol. The number of Topliss-reactive ketones (excluding diaryl/α,β-unsaturated/α-hetero) is 2. The van der Waals surface area contributed by atoms with Crippen LogP contribution in [-0.4, -0.2) is 39.7 Å². The van der Waals surface area contributed by atoms with Crippen LogP contribution >= 0.6 is 23.2 Å². The first-order valence-corrected chi connectivity index (χ1v) is 13.0. The molecule has 40 heavy (non-hydrogen) atoms. The molecule has 2 aromatic carbocycles. The van der Waals surface area contributed by atoms with E-state index in [1.807, 2.05) is 0 Å². The molecule has 3 aromatic rings. The molecule has 0 spiro atoms. The first-order valence-electron chi connectivity index (χ1n) is 12.2. The molecule has 0 aliphatic heterocycles. The zero-order chi connectivity index (χ0) is 29.4. The summed E-state index contributed by atoms with van der Waals surface area (Å²) >= 11 is 12.1. The van der Waals surface area contributed by atoms with Gasteiger partial charge in [-0.15, -0.1) is 0 Å². The van der Waals surface area contributed by atoms with Crippen LogP contribution in [0, 0.1) is 11.8 Å². The zero-order valence-electron chi connectivity index (χ0n) is 21.5. The fourth-order valence-electron chi connectivity index (χ4n) is 3.98. The van der Waals surface area contributed by atoms with Crippen molar-refractivity contribution < 1.29 is 32.3 Å². The van der Waals surface area contributed by atoms with Crippen molar-refractivity contribution in [3.8, 4) is 5.75 Å². The van der Waals surface area contributed by atoms with Crippen LogP contribution < -0.4 is 10.1 Å². The van der Waals surface area contributed by atoms with E-state index < -0.39 is 54.1 Å². The quantitative estimate of drug-likeness (QED) is 0.276. The van der Waals surface area contributed by atoms with E-state index in [4.69, 9.17) is 27.9 Å². The maximum absolute atomic E-state index is 13.6. The normalized spacial score (nSPS) is 13.8. The molecule has 1 N–H and O–H groups in total. The molecule has 0 saturated heterocycles. The third-order valence-corrected chi connectivity index (χ3v) is 6.44. The summed E-state index contributed by atoms with van der Waals surface area (Å²) in [4.78, 5) is 47.2. The Labute approximate surface area is 239 Å². The summed E-state index contributed by atoms with van der Waals surface area (Å²) in [5.41, 5.74) is 0.723. The lowest BCUT2D eigenvalue weighted by molar-refractivity contribution is -0.177. The molecule has 3 rings (SSSR count). The predicted molar refractivity (Wildman–Crippen MR) is 143 cm³/mol. The number of ketones is 2. The molecule has 0 radical (unpaired) electrons. The summed E-state index contributed by atoms with van der Waals surface area (Å²) in [6, 6.07) is 11.0.